The smallest absolute Gasteiger partial charge is 0.164 e. The van der Waals surface area contributed by atoms with Crippen molar-refractivity contribution in [2.75, 3.05) is 0 Å². The summed E-state index contributed by atoms with van der Waals surface area (Å²) in [6.45, 7) is 7.21. The van der Waals surface area contributed by atoms with Gasteiger partial charge in [-0.25, -0.2) is 0 Å². The number of aliphatic hydroxyl groups is 1. The standard InChI is InChI=1S/C14H24O4/c1-5-6-11(16)9-13-12(8-7-10(2)15)17-14(3,4)18-13/h7-8,11-13,16H,5-6,9H2,1-4H3/b8-7+/t11-,12-,13-/m1/s1. The maximum atomic E-state index is 11.0. The number of ketones is 1. The highest BCUT2D eigenvalue weighted by molar-refractivity contribution is 5.87. The zero-order valence-corrected chi connectivity index (χ0v) is 11.7. The van der Waals surface area contributed by atoms with Gasteiger partial charge in [-0.05, 0) is 39.3 Å². The molecular weight excluding hydrogens is 232 g/mol. The van der Waals surface area contributed by atoms with Crippen LogP contribution in [0.1, 0.15) is 47.0 Å². The molecule has 0 aromatic rings. The Balaban J connectivity index is 2.64. The first-order valence-electron chi connectivity index (χ1n) is 6.56. The van der Waals surface area contributed by atoms with Crippen molar-refractivity contribution < 1.29 is 19.4 Å². The fourth-order valence-corrected chi connectivity index (χ4v) is 2.16. The number of aliphatic hydroxyl groups excluding tert-OH is 1. The van der Waals surface area contributed by atoms with Crippen LogP contribution in [0.5, 0.6) is 0 Å². The molecule has 0 aliphatic carbocycles. The zero-order valence-electron chi connectivity index (χ0n) is 11.7. The van der Waals surface area contributed by atoms with E-state index in [-0.39, 0.29) is 24.1 Å². The lowest BCUT2D eigenvalue weighted by Gasteiger charge is -2.18. The minimum absolute atomic E-state index is 0.0174. The molecule has 0 radical (unpaired) electrons. The lowest BCUT2D eigenvalue weighted by molar-refractivity contribution is -0.145. The molecule has 4 nitrogen and oxygen atoms in total. The van der Waals surface area contributed by atoms with Crippen LogP contribution < -0.4 is 0 Å². The maximum absolute atomic E-state index is 11.0. The van der Waals surface area contributed by atoms with E-state index in [0.717, 1.165) is 12.8 Å². The van der Waals surface area contributed by atoms with Crippen LogP contribution in [0, 0.1) is 0 Å². The third-order valence-electron chi connectivity index (χ3n) is 2.87. The highest BCUT2D eigenvalue weighted by atomic mass is 16.7. The number of ether oxygens (including phenoxy) is 2. The van der Waals surface area contributed by atoms with Crippen LogP contribution >= 0.6 is 0 Å². The van der Waals surface area contributed by atoms with E-state index in [0.29, 0.717) is 6.42 Å². The van der Waals surface area contributed by atoms with Gasteiger partial charge in [0.05, 0.1) is 12.2 Å². The van der Waals surface area contributed by atoms with Gasteiger partial charge in [0.1, 0.15) is 6.10 Å². The fourth-order valence-electron chi connectivity index (χ4n) is 2.16. The summed E-state index contributed by atoms with van der Waals surface area (Å²) in [4.78, 5) is 11.0. The van der Waals surface area contributed by atoms with E-state index in [1.807, 2.05) is 20.8 Å². The molecule has 1 fully saturated rings. The van der Waals surface area contributed by atoms with Gasteiger partial charge >= 0.3 is 0 Å². The first-order valence-corrected chi connectivity index (χ1v) is 6.56. The highest BCUT2D eigenvalue weighted by Crippen LogP contribution is 2.31. The van der Waals surface area contributed by atoms with Crippen LogP contribution in [0.25, 0.3) is 0 Å². The lowest BCUT2D eigenvalue weighted by Crippen LogP contribution is -2.26. The second-order valence-electron chi connectivity index (χ2n) is 5.29. The van der Waals surface area contributed by atoms with Crippen LogP contribution in [-0.4, -0.2) is 35.0 Å². The molecule has 3 atom stereocenters. The largest absolute Gasteiger partial charge is 0.393 e. The number of carbonyl (C=O) groups is 1. The molecule has 0 saturated carbocycles. The molecule has 0 aromatic carbocycles. The van der Waals surface area contributed by atoms with Crippen molar-refractivity contribution in [2.24, 2.45) is 0 Å². The van der Waals surface area contributed by atoms with Crippen molar-refractivity contribution in [3.05, 3.63) is 12.2 Å². The van der Waals surface area contributed by atoms with Gasteiger partial charge in [0.2, 0.25) is 0 Å². The fraction of sp³-hybridized carbons (Fsp3) is 0.786. The molecular formula is C14H24O4. The molecule has 1 N–H and O–H groups in total. The Labute approximate surface area is 109 Å². The molecule has 0 aromatic heterocycles. The van der Waals surface area contributed by atoms with Crippen LogP contribution in [0.4, 0.5) is 0 Å². The van der Waals surface area contributed by atoms with Crippen LogP contribution in [-0.2, 0) is 14.3 Å². The Bertz CT molecular complexity index is 309. The predicted molar refractivity (Wildman–Crippen MR) is 69.2 cm³/mol. The number of hydrogen-bond acceptors (Lipinski definition) is 4. The Hall–Kier alpha value is -0.710. The van der Waals surface area contributed by atoms with E-state index in [2.05, 4.69) is 0 Å². The molecule has 0 unspecified atom stereocenters. The van der Waals surface area contributed by atoms with Gasteiger partial charge < -0.3 is 14.6 Å². The van der Waals surface area contributed by atoms with Gasteiger partial charge in [-0.15, -0.1) is 0 Å². The van der Waals surface area contributed by atoms with Gasteiger partial charge in [0.15, 0.2) is 11.6 Å². The van der Waals surface area contributed by atoms with Gasteiger partial charge in [0.25, 0.3) is 0 Å². The van der Waals surface area contributed by atoms with Gasteiger partial charge in [-0.1, -0.05) is 13.3 Å². The van der Waals surface area contributed by atoms with Crippen molar-refractivity contribution in [2.45, 2.75) is 71.1 Å². The maximum Gasteiger partial charge on any atom is 0.164 e. The molecule has 0 spiro atoms. The van der Waals surface area contributed by atoms with Crippen LogP contribution in [0.3, 0.4) is 0 Å². The molecule has 0 bridgehead atoms. The molecule has 1 aliphatic heterocycles. The summed E-state index contributed by atoms with van der Waals surface area (Å²) in [5.74, 6) is -0.682. The van der Waals surface area contributed by atoms with Crippen molar-refractivity contribution in [1.29, 1.82) is 0 Å². The van der Waals surface area contributed by atoms with E-state index in [1.54, 1.807) is 6.08 Å². The number of allylic oxidation sites excluding steroid dienone is 1. The summed E-state index contributed by atoms with van der Waals surface area (Å²) in [7, 11) is 0. The van der Waals surface area contributed by atoms with Gasteiger partial charge in [-0.2, -0.15) is 0 Å². The average molecular weight is 256 g/mol. The molecule has 18 heavy (non-hydrogen) atoms. The van der Waals surface area contributed by atoms with E-state index in [1.165, 1.54) is 13.0 Å². The van der Waals surface area contributed by atoms with E-state index in [4.69, 9.17) is 9.47 Å². The Morgan fingerprint density at radius 2 is 2.11 bits per heavy atom. The van der Waals surface area contributed by atoms with Gasteiger partial charge in [0, 0.05) is 6.42 Å². The van der Waals surface area contributed by atoms with E-state index in [9.17, 15) is 9.90 Å². The summed E-state index contributed by atoms with van der Waals surface area (Å²) in [5, 5.41) is 9.85. The second-order valence-corrected chi connectivity index (χ2v) is 5.29. The molecule has 0 amide bonds. The van der Waals surface area contributed by atoms with Crippen LogP contribution in [0.15, 0.2) is 12.2 Å². The third-order valence-corrected chi connectivity index (χ3v) is 2.87. The summed E-state index contributed by atoms with van der Waals surface area (Å²) in [6, 6.07) is 0. The first-order chi connectivity index (χ1) is 8.34. The van der Waals surface area contributed by atoms with Crippen molar-refractivity contribution in [3.63, 3.8) is 0 Å². The minimum atomic E-state index is -0.664. The zero-order chi connectivity index (χ0) is 13.8. The van der Waals surface area contributed by atoms with Crippen LogP contribution in [0.2, 0.25) is 0 Å². The quantitative estimate of drug-likeness (QED) is 0.740. The number of carbonyl (C=O) groups excluding carboxylic acids is 1. The third kappa shape index (κ3) is 4.88. The van der Waals surface area contributed by atoms with Crippen molar-refractivity contribution in [3.8, 4) is 0 Å². The average Bonchev–Trinajstić information content (AvgIpc) is 2.50. The van der Waals surface area contributed by atoms with Crippen molar-refractivity contribution in [1.82, 2.24) is 0 Å². The van der Waals surface area contributed by atoms with E-state index >= 15 is 0 Å². The molecule has 1 aliphatic rings. The van der Waals surface area contributed by atoms with Gasteiger partial charge in [-0.3, -0.25) is 4.79 Å². The Kier molecular flexibility index (Phi) is 5.50. The Morgan fingerprint density at radius 3 is 2.67 bits per heavy atom. The lowest BCUT2D eigenvalue weighted by atomic mass is 10.0. The monoisotopic (exact) mass is 256 g/mol. The highest BCUT2D eigenvalue weighted by Gasteiger charge is 2.40. The predicted octanol–water partition coefficient (Wildman–Crippen LogP) is 2.20. The number of hydrogen-bond donors (Lipinski definition) is 1. The normalized spacial score (nSPS) is 28.7. The molecule has 1 rings (SSSR count). The minimum Gasteiger partial charge on any atom is -0.393 e. The topological polar surface area (TPSA) is 55.8 Å². The molecule has 1 saturated heterocycles. The summed E-state index contributed by atoms with van der Waals surface area (Å²) in [6.07, 6.45) is 4.59. The SMILES string of the molecule is CCC[C@@H](O)C[C@H]1OC(C)(C)O[C@@H]1/C=C/C(C)=O. The molecule has 1 heterocycles. The second kappa shape index (κ2) is 6.45. The summed E-state index contributed by atoms with van der Waals surface area (Å²) in [5.41, 5.74) is 0. The first kappa shape index (κ1) is 15.3. The summed E-state index contributed by atoms with van der Waals surface area (Å²) < 4.78 is 11.5. The number of rotatable bonds is 6. The molecule has 4 heteroatoms. The summed E-state index contributed by atoms with van der Waals surface area (Å²) >= 11 is 0. The van der Waals surface area contributed by atoms with Crippen molar-refractivity contribution >= 4 is 5.78 Å². The Morgan fingerprint density at radius 1 is 1.44 bits per heavy atom. The van der Waals surface area contributed by atoms with E-state index < -0.39 is 5.79 Å². The molecule has 104 valence electrons.